The van der Waals surface area contributed by atoms with Crippen molar-refractivity contribution in [3.63, 3.8) is 0 Å². The molecule has 6 nitrogen and oxygen atoms in total. The molecule has 1 unspecified atom stereocenters. The van der Waals surface area contributed by atoms with E-state index in [1.165, 1.54) is 4.88 Å². The van der Waals surface area contributed by atoms with Crippen LogP contribution in [-0.2, 0) is 22.5 Å². The number of thiazole rings is 1. The largest absolute Gasteiger partial charge is 0.465 e. The van der Waals surface area contributed by atoms with E-state index < -0.39 is 0 Å². The quantitative estimate of drug-likeness (QED) is 0.827. The molecule has 0 fully saturated rings. The number of hydrogen-bond donors (Lipinski definition) is 1. The molecule has 2 aromatic rings. The second-order valence-electron chi connectivity index (χ2n) is 4.87. The maximum atomic E-state index is 11.9. The third kappa shape index (κ3) is 3.07. The number of aromatic nitrogens is 3. The molecule has 112 valence electrons. The molecule has 3 rings (SSSR count). The Kier molecular flexibility index (Phi) is 4.19. The molecule has 2 heterocycles. The summed E-state index contributed by atoms with van der Waals surface area (Å²) in [6.45, 7) is 3.80. The average Bonchev–Trinajstić information content (AvgIpc) is 3.14. The molecular formula is C14H18N4O2S. The van der Waals surface area contributed by atoms with E-state index in [0.717, 1.165) is 36.8 Å². The second kappa shape index (κ2) is 6.26. The molecule has 0 bridgehead atoms. The molecular weight excluding hydrogens is 288 g/mol. The Morgan fingerprint density at radius 1 is 1.62 bits per heavy atom. The van der Waals surface area contributed by atoms with Crippen LogP contribution in [0.25, 0.3) is 0 Å². The first kappa shape index (κ1) is 14.1. The van der Waals surface area contributed by atoms with Crippen LogP contribution in [0.5, 0.6) is 0 Å². The summed E-state index contributed by atoms with van der Waals surface area (Å²) in [5, 5.41) is 8.33. The number of carbonyl (C=O) groups excluding carboxylic acids is 1. The van der Waals surface area contributed by atoms with Crippen LogP contribution in [0.4, 0.5) is 5.13 Å². The molecule has 0 amide bonds. The number of fused-ring (bicyclic) bond motifs is 1. The summed E-state index contributed by atoms with van der Waals surface area (Å²) in [7, 11) is 0. The number of carbonyl (C=O) groups is 1. The van der Waals surface area contributed by atoms with E-state index in [-0.39, 0.29) is 11.9 Å². The Morgan fingerprint density at radius 3 is 3.29 bits per heavy atom. The number of aryl methyl sites for hydroxylation is 1. The minimum Gasteiger partial charge on any atom is -0.465 e. The monoisotopic (exact) mass is 306 g/mol. The first-order valence-corrected chi connectivity index (χ1v) is 7.97. The third-order valence-corrected chi connectivity index (χ3v) is 4.55. The fourth-order valence-corrected chi connectivity index (χ4v) is 3.55. The van der Waals surface area contributed by atoms with Crippen molar-refractivity contribution >= 4 is 22.4 Å². The number of nitrogens with zero attached hydrogens (tertiary/aromatic N) is 3. The maximum Gasteiger partial charge on any atom is 0.315 e. The van der Waals surface area contributed by atoms with Gasteiger partial charge in [0.25, 0.3) is 0 Å². The SMILES string of the molecule is CCOC(=O)C1CCc2sc(NCCn3cccn3)nc21. The first-order valence-electron chi connectivity index (χ1n) is 7.15. The molecule has 2 aromatic heterocycles. The standard InChI is InChI=1S/C14H18N4O2S/c1-2-20-13(19)10-4-5-11-12(10)17-14(21-11)15-7-9-18-8-3-6-16-18/h3,6,8,10H,2,4-5,7,9H2,1H3,(H,15,17). The van der Waals surface area contributed by atoms with E-state index in [1.807, 2.05) is 23.9 Å². The van der Waals surface area contributed by atoms with Crippen LogP contribution in [0.15, 0.2) is 18.5 Å². The zero-order valence-electron chi connectivity index (χ0n) is 11.9. The Bertz CT molecular complexity index is 609. The second-order valence-corrected chi connectivity index (χ2v) is 5.95. The lowest BCUT2D eigenvalue weighted by molar-refractivity contribution is -0.145. The van der Waals surface area contributed by atoms with Gasteiger partial charge in [0, 0.05) is 23.8 Å². The Hall–Kier alpha value is -1.89. The van der Waals surface area contributed by atoms with Crippen molar-refractivity contribution in [3.05, 3.63) is 29.0 Å². The lowest BCUT2D eigenvalue weighted by Crippen LogP contribution is -2.14. The van der Waals surface area contributed by atoms with E-state index in [1.54, 1.807) is 17.5 Å². The van der Waals surface area contributed by atoms with Crippen LogP contribution in [0, 0.1) is 0 Å². The highest BCUT2D eigenvalue weighted by Gasteiger charge is 2.33. The molecule has 0 saturated carbocycles. The Labute approximate surface area is 127 Å². The molecule has 7 heteroatoms. The van der Waals surface area contributed by atoms with Gasteiger partial charge in [-0.3, -0.25) is 9.48 Å². The fraction of sp³-hybridized carbons (Fsp3) is 0.500. The van der Waals surface area contributed by atoms with Crippen LogP contribution in [-0.4, -0.2) is 33.9 Å². The van der Waals surface area contributed by atoms with Crippen LogP contribution >= 0.6 is 11.3 Å². The highest BCUT2D eigenvalue weighted by atomic mass is 32.1. The van der Waals surface area contributed by atoms with Crippen LogP contribution in [0.1, 0.15) is 29.8 Å². The van der Waals surface area contributed by atoms with Gasteiger partial charge >= 0.3 is 5.97 Å². The normalized spacial score (nSPS) is 16.7. The molecule has 1 aliphatic rings. The lowest BCUT2D eigenvalue weighted by Gasteiger charge is -2.08. The van der Waals surface area contributed by atoms with Crippen LogP contribution < -0.4 is 5.32 Å². The minimum absolute atomic E-state index is 0.148. The molecule has 1 atom stereocenters. The highest BCUT2D eigenvalue weighted by Crippen LogP contribution is 2.38. The highest BCUT2D eigenvalue weighted by molar-refractivity contribution is 7.15. The van der Waals surface area contributed by atoms with Gasteiger partial charge in [-0.2, -0.15) is 5.10 Å². The number of ether oxygens (including phenoxy) is 1. The summed E-state index contributed by atoms with van der Waals surface area (Å²) < 4.78 is 6.99. The minimum atomic E-state index is -0.183. The Morgan fingerprint density at radius 2 is 2.52 bits per heavy atom. The maximum absolute atomic E-state index is 11.9. The molecule has 1 aliphatic carbocycles. The Balaban J connectivity index is 1.59. The van der Waals surface area contributed by atoms with E-state index in [9.17, 15) is 4.79 Å². The van der Waals surface area contributed by atoms with E-state index in [4.69, 9.17) is 4.74 Å². The van der Waals surface area contributed by atoms with Gasteiger partial charge in [-0.05, 0) is 25.8 Å². The van der Waals surface area contributed by atoms with Crippen LogP contribution in [0.2, 0.25) is 0 Å². The van der Waals surface area contributed by atoms with Crippen molar-refractivity contribution in [2.24, 2.45) is 0 Å². The summed E-state index contributed by atoms with van der Waals surface area (Å²) in [6, 6.07) is 1.90. The molecule has 0 aliphatic heterocycles. The van der Waals surface area contributed by atoms with Gasteiger partial charge < -0.3 is 10.1 Å². The topological polar surface area (TPSA) is 69.0 Å². The van der Waals surface area contributed by atoms with Crippen molar-refractivity contribution in [2.45, 2.75) is 32.2 Å². The molecule has 0 radical (unpaired) electrons. The first-order chi connectivity index (χ1) is 10.3. The van der Waals surface area contributed by atoms with Gasteiger partial charge in [0.1, 0.15) is 5.92 Å². The molecule has 0 aromatic carbocycles. The van der Waals surface area contributed by atoms with Crippen LogP contribution in [0.3, 0.4) is 0 Å². The number of hydrogen-bond acceptors (Lipinski definition) is 6. The predicted molar refractivity (Wildman–Crippen MR) is 80.5 cm³/mol. The van der Waals surface area contributed by atoms with Gasteiger partial charge in [-0.25, -0.2) is 4.98 Å². The number of anilines is 1. The van der Waals surface area contributed by atoms with Gasteiger partial charge in [0.05, 0.1) is 18.8 Å². The zero-order chi connectivity index (χ0) is 14.7. The van der Waals surface area contributed by atoms with Crippen molar-refractivity contribution in [1.82, 2.24) is 14.8 Å². The summed E-state index contributed by atoms with van der Waals surface area (Å²) in [5.41, 5.74) is 0.903. The fourth-order valence-electron chi connectivity index (χ4n) is 2.49. The van der Waals surface area contributed by atoms with Crippen molar-refractivity contribution in [1.29, 1.82) is 0 Å². The van der Waals surface area contributed by atoms with Gasteiger partial charge in [-0.15, -0.1) is 11.3 Å². The number of nitrogens with one attached hydrogen (secondary N) is 1. The lowest BCUT2D eigenvalue weighted by atomic mass is 10.1. The van der Waals surface area contributed by atoms with Gasteiger partial charge in [0.15, 0.2) is 5.13 Å². The van der Waals surface area contributed by atoms with E-state index in [2.05, 4.69) is 15.4 Å². The molecule has 0 saturated heterocycles. The summed E-state index contributed by atoms with van der Waals surface area (Å²) in [5.74, 6) is -0.331. The van der Waals surface area contributed by atoms with Crippen molar-refractivity contribution in [2.75, 3.05) is 18.5 Å². The summed E-state index contributed by atoms with van der Waals surface area (Å²) >= 11 is 1.64. The summed E-state index contributed by atoms with van der Waals surface area (Å²) in [4.78, 5) is 17.7. The molecule has 0 spiro atoms. The zero-order valence-corrected chi connectivity index (χ0v) is 12.7. The number of rotatable bonds is 6. The smallest absolute Gasteiger partial charge is 0.315 e. The summed E-state index contributed by atoms with van der Waals surface area (Å²) in [6.07, 6.45) is 5.43. The van der Waals surface area contributed by atoms with E-state index in [0.29, 0.717) is 6.61 Å². The van der Waals surface area contributed by atoms with Crippen molar-refractivity contribution < 1.29 is 9.53 Å². The molecule has 1 N–H and O–H groups in total. The number of esters is 1. The van der Waals surface area contributed by atoms with Gasteiger partial charge in [-0.1, -0.05) is 0 Å². The third-order valence-electron chi connectivity index (χ3n) is 3.47. The van der Waals surface area contributed by atoms with Gasteiger partial charge in [0.2, 0.25) is 0 Å². The molecule has 21 heavy (non-hydrogen) atoms. The predicted octanol–water partition coefficient (Wildman–Crippen LogP) is 2.04. The van der Waals surface area contributed by atoms with Crippen molar-refractivity contribution in [3.8, 4) is 0 Å². The van der Waals surface area contributed by atoms with E-state index >= 15 is 0 Å². The average molecular weight is 306 g/mol.